The van der Waals surface area contributed by atoms with E-state index in [0.29, 0.717) is 30.8 Å². The molecular weight excluding hydrogens is 358 g/mol. The van der Waals surface area contributed by atoms with Crippen molar-refractivity contribution in [3.63, 3.8) is 0 Å². The second-order valence-corrected chi connectivity index (χ2v) is 9.27. The summed E-state index contributed by atoms with van der Waals surface area (Å²) in [4.78, 5) is 22.6. The number of nitrogens with zero attached hydrogens (tertiary/aromatic N) is 2. The smallest absolute Gasteiger partial charge is 0.272 e. The fourth-order valence-corrected chi connectivity index (χ4v) is 5.16. The largest absolute Gasteiger partial charge is 0.352 e. The fourth-order valence-electron chi connectivity index (χ4n) is 3.29. The maximum absolute atomic E-state index is 12.3. The molecule has 3 rings (SSSR count). The lowest BCUT2D eigenvalue weighted by Gasteiger charge is -2.31. The molecule has 8 nitrogen and oxygen atoms in total. The van der Waals surface area contributed by atoms with Crippen molar-refractivity contribution in [2.24, 2.45) is 5.92 Å². The van der Waals surface area contributed by atoms with E-state index in [2.05, 4.69) is 5.32 Å². The number of nitro groups is 1. The topological polar surface area (TPSA) is 110 Å². The van der Waals surface area contributed by atoms with Crippen LogP contribution in [0.1, 0.15) is 41.6 Å². The highest BCUT2D eigenvalue weighted by Gasteiger charge is 2.41. The minimum absolute atomic E-state index is 0.00852. The number of benzene rings is 1. The van der Waals surface area contributed by atoms with Gasteiger partial charge in [0.05, 0.1) is 10.2 Å². The van der Waals surface area contributed by atoms with Crippen molar-refractivity contribution in [1.82, 2.24) is 9.62 Å². The van der Waals surface area contributed by atoms with Crippen LogP contribution in [0.3, 0.4) is 0 Å². The van der Waals surface area contributed by atoms with Gasteiger partial charge in [0.15, 0.2) is 0 Å². The van der Waals surface area contributed by atoms with Crippen LogP contribution in [0.2, 0.25) is 0 Å². The molecule has 1 aromatic rings. The molecule has 142 valence electrons. The molecule has 0 spiro atoms. The molecule has 0 radical (unpaired) electrons. The van der Waals surface area contributed by atoms with Gasteiger partial charge < -0.3 is 5.32 Å². The van der Waals surface area contributed by atoms with Gasteiger partial charge in [-0.1, -0.05) is 0 Å². The third kappa shape index (κ3) is 4.04. The van der Waals surface area contributed by atoms with Gasteiger partial charge in [0.1, 0.15) is 0 Å². The Kier molecular flexibility index (Phi) is 5.29. The Morgan fingerprint density at radius 2 is 1.92 bits per heavy atom. The first-order valence-corrected chi connectivity index (χ1v) is 10.3. The number of nitro benzene ring substituents is 1. The molecule has 0 unspecified atom stereocenters. The van der Waals surface area contributed by atoms with Crippen LogP contribution in [-0.4, -0.2) is 48.4 Å². The molecule has 0 bridgehead atoms. The van der Waals surface area contributed by atoms with Gasteiger partial charge in [-0.2, -0.15) is 0 Å². The number of sulfonamides is 1. The van der Waals surface area contributed by atoms with Crippen molar-refractivity contribution >= 4 is 21.6 Å². The number of nitrogens with one attached hydrogen (secondary N) is 1. The highest BCUT2D eigenvalue weighted by molar-refractivity contribution is 7.90. The van der Waals surface area contributed by atoms with E-state index in [0.717, 1.165) is 25.7 Å². The molecule has 1 aromatic carbocycles. The van der Waals surface area contributed by atoms with Gasteiger partial charge in [-0.25, -0.2) is 12.7 Å². The number of amides is 1. The van der Waals surface area contributed by atoms with E-state index in [-0.39, 0.29) is 22.8 Å². The highest BCUT2D eigenvalue weighted by atomic mass is 32.2. The summed E-state index contributed by atoms with van der Waals surface area (Å²) in [5.41, 5.74) is 0.828. The van der Waals surface area contributed by atoms with Gasteiger partial charge in [-0.3, -0.25) is 14.9 Å². The van der Waals surface area contributed by atoms with Gasteiger partial charge in [0.2, 0.25) is 10.0 Å². The number of aryl methyl sites for hydroxylation is 1. The second kappa shape index (κ2) is 7.32. The Bertz CT molecular complexity index is 812. The van der Waals surface area contributed by atoms with Crippen LogP contribution in [0, 0.1) is 23.0 Å². The predicted molar refractivity (Wildman–Crippen MR) is 96.4 cm³/mol. The van der Waals surface area contributed by atoms with E-state index in [4.69, 9.17) is 0 Å². The van der Waals surface area contributed by atoms with Crippen LogP contribution in [0.15, 0.2) is 18.2 Å². The summed E-state index contributed by atoms with van der Waals surface area (Å²) in [6.07, 6.45) is 3.00. The zero-order valence-corrected chi connectivity index (χ0v) is 15.5. The molecule has 9 heteroatoms. The van der Waals surface area contributed by atoms with E-state index >= 15 is 0 Å². The summed E-state index contributed by atoms with van der Waals surface area (Å²) < 4.78 is 26.0. The lowest BCUT2D eigenvalue weighted by molar-refractivity contribution is -0.385. The summed E-state index contributed by atoms with van der Waals surface area (Å²) in [6.45, 7) is 3.10. The molecule has 1 aliphatic carbocycles. The SMILES string of the molecule is Cc1cc(C(=O)NCC2CCN(S(=O)(=O)C3CC3)CC2)ccc1[N+](=O)[O-]. The standard InChI is InChI=1S/C17H23N3O5S/c1-12-10-14(2-5-16(12)20(22)23)17(21)18-11-13-6-8-19(9-7-13)26(24,25)15-3-4-15/h2,5,10,13,15H,3-4,6-9,11H2,1H3,(H,18,21). The number of rotatable bonds is 6. The van der Waals surface area contributed by atoms with Crippen LogP contribution in [-0.2, 0) is 10.0 Å². The first-order chi connectivity index (χ1) is 12.3. The van der Waals surface area contributed by atoms with Crippen LogP contribution < -0.4 is 5.32 Å². The third-order valence-corrected chi connectivity index (χ3v) is 7.48. The number of carbonyl (C=O) groups is 1. The maximum Gasteiger partial charge on any atom is 0.272 e. The van der Waals surface area contributed by atoms with Crippen molar-refractivity contribution in [3.8, 4) is 0 Å². The Morgan fingerprint density at radius 3 is 2.46 bits per heavy atom. The van der Waals surface area contributed by atoms with E-state index in [1.807, 2.05) is 0 Å². The molecule has 1 amide bonds. The average Bonchev–Trinajstić information content (AvgIpc) is 3.45. The molecule has 2 aliphatic rings. The van der Waals surface area contributed by atoms with Crippen molar-refractivity contribution in [2.75, 3.05) is 19.6 Å². The maximum atomic E-state index is 12.3. The van der Waals surface area contributed by atoms with E-state index < -0.39 is 14.9 Å². The number of hydrogen-bond donors (Lipinski definition) is 1. The molecule has 1 aliphatic heterocycles. The van der Waals surface area contributed by atoms with Gasteiger partial charge >= 0.3 is 0 Å². The van der Waals surface area contributed by atoms with E-state index in [1.165, 1.54) is 18.2 Å². The molecule has 0 atom stereocenters. The summed E-state index contributed by atoms with van der Waals surface area (Å²) in [5.74, 6) is -0.0280. The minimum atomic E-state index is -3.11. The average molecular weight is 381 g/mol. The summed E-state index contributed by atoms with van der Waals surface area (Å²) in [7, 11) is -3.11. The molecule has 1 N–H and O–H groups in total. The van der Waals surface area contributed by atoms with Gasteiger partial charge in [0.25, 0.3) is 11.6 Å². The van der Waals surface area contributed by atoms with Crippen molar-refractivity contribution < 1.29 is 18.1 Å². The van der Waals surface area contributed by atoms with Crippen molar-refractivity contribution in [3.05, 3.63) is 39.4 Å². The third-order valence-electron chi connectivity index (χ3n) is 5.09. The molecule has 2 fully saturated rings. The van der Waals surface area contributed by atoms with Crippen molar-refractivity contribution in [1.29, 1.82) is 0 Å². The molecular formula is C17H23N3O5S. The quantitative estimate of drug-likeness (QED) is 0.597. The molecule has 0 aromatic heterocycles. The fraction of sp³-hybridized carbons (Fsp3) is 0.588. The van der Waals surface area contributed by atoms with Crippen LogP contribution >= 0.6 is 0 Å². The lowest BCUT2D eigenvalue weighted by Crippen LogP contribution is -2.42. The Labute approximate surface area is 152 Å². The number of carbonyl (C=O) groups excluding carboxylic acids is 1. The predicted octanol–water partition coefficient (Wildman–Crippen LogP) is 1.84. The Balaban J connectivity index is 1.50. The normalized spacial score (nSPS) is 19.3. The first kappa shape index (κ1) is 18.8. The summed E-state index contributed by atoms with van der Waals surface area (Å²) >= 11 is 0. The van der Waals surface area contributed by atoms with Gasteiger partial charge in [0, 0.05) is 36.8 Å². The van der Waals surface area contributed by atoms with Crippen molar-refractivity contribution in [2.45, 2.75) is 37.9 Å². The van der Waals surface area contributed by atoms with Crippen LogP contribution in [0.25, 0.3) is 0 Å². The summed E-state index contributed by atoms with van der Waals surface area (Å²) in [6, 6.07) is 4.30. The van der Waals surface area contributed by atoms with Crippen LogP contribution in [0.5, 0.6) is 0 Å². The first-order valence-electron chi connectivity index (χ1n) is 8.81. The molecule has 1 saturated heterocycles. The Morgan fingerprint density at radius 1 is 1.27 bits per heavy atom. The zero-order chi connectivity index (χ0) is 18.9. The molecule has 1 heterocycles. The van der Waals surface area contributed by atoms with E-state index in [9.17, 15) is 23.3 Å². The van der Waals surface area contributed by atoms with Gasteiger partial charge in [-0.05, 0) is 50.7 Å². The Hall–Kier alpha value is -2.00. The number of hydrogen-bond acceptors (Lipinski definition) is 5. The molecule has 26 heavy (non-hydrogen) atoms. The lowest BCUT2D eigenvalue weighted by atomic mass is 9.98. The minimum Gasteiger partial charge on any atom is -0.352 e. The molecule has 1 saturated carbocycles. The van der Waals surface area contributed by atoms with Gasteiger partial charge in [-0.15, -0.1) is 0 Å². The summed E-state index contributed by atoms with van der Waals surface area (Å²) in [5, 5.41) is 13.5. The second-order valence-electron chi connectivity index (χ2n) is 7.06. The van der Waals surface area contributed by atoms with Crippen LogP contribution in [0.4, 0.5) is 5.69 Å². The van der Waals surface area contributed by atoms with E-state index in [1.54, 1.807) is 11.2 Å². The number of piperidine rings is 1. The highest BCUT2D eigenvalue weighted by Crippen LogP contribution is 2.33. The zero-order valence-electron chi connectivity index (χ0n) is 14.7. The monoisotopic (exact) mass is 381 g/mol.